The highest BCUT2D eigenvalue weighted by Crippen LogP contribution is 2.25. The van der Waals surface area contributed by atoms with Gasteiger partial charge in [0.05, 0.1) is 23.3 Å². The lowest BCUT2D eigenvalue weighted by atomic mass is 9.81. The van der Waals surface area contributed by atoms with E-state index in [0.717, 1.165) is 24.2 Å². The van der Waals surface area contributed by atoms with Crippen molar-refractivity contribution in [2.45, 2.75) is 33.2 Å². The lowest BCUT2D eigenvalue weighted by Crippen LogP contribution is -2.45. The van der Waals surface area contributed by atoms with Gasteiger partial charge in [0.15, 0.2) is 0 Å². The van der Waals surface area contributed by atoms with Crippen LogP contribution in [0, 0.1) is 5.41 Å². The SMILES string of the molecule is CCC(CC)(CN)C(=O)NCc1ccn(-c2ccccc2)n1.Cl. The molecule has 0 fully saturated rings. The highest BCUT2D eigenvalue weighted by molar-refractivity contribution is 5.85. The molecule has 0 radical (unpaired) electrons. The first-order chi connectivity index (χ1) is 10.6. The highest BCUT2D eigenvalue weighted by Gasteiger charge is 2.33. The molecule has 0 bridgehead atoms. The minimum atomic E-state index is -0.470. The van der Waals surface area contributed by atoms with Gasteiger partial charge in [0.25, 0.3) is 0 Å². The topological polar surface area (TPSA) is 72.9 Å². The van der Waals surface area contributed by atoms with Crippen molar-refractivity contribution < 1.29 is 4.79 Å². The van der Waals surface area contributed by atoms with E-state index in [9.17, 15) is 4.79 Å². The zero-order valence-electron chi connectivity index (χ0n) is 13.7. The van der Waals surface area contributed by atoms with Crippen LogP contribution in [0.5, 0.6) is 0 Å². The van der Waals surface area contributed by atoms with Crippen LogP contribution in [0.2, 0.25) is 0 Å². The van der Waals surface area contributed by atoms with Crippen LogP contribution in [0.1, 0.15) is 32.4 Å². The zero-order chi connectivity index (χ0) is 16.0. The average molecular weight is 337 g/mol. The van der Waals surface area contributed by atoms with Gasteiger partial charge >= 0.3 is 0 Å². The number of para-hydroxylation sites is 1. The maximum Gasteiger partial charge on any atom is 0.227 e. The Morgan fingerprint density at radius 3 is 2.43 bits per heavy atom. The molecule has 23 heavy (non-hydrogen) atoms. The predicted molar refractivity (Wildman–Crippen MR) is 94.7 cm³/mol. The Bertz CT molecular complexity index is 600. The van der Waals surface area contributed by atoms with Gasteiger partial charge in [0.1, 0.15) is 0 Å². The Morgan fingerprint density at radius 2 is 1.87 bits per heavy atom. The number of carbonyl (C=O) groups excluding carboxylic acids is 1. The summed E-state index contributed by atoms with van der Waals surface area (Å²) in [7, 11) is 0. The monoisotopic (exact) mass is 336 g/mol. The average Bonchev–Trinajstić information content (AvgIpc) is 3.05. The number of nitrogens with one attached hydrogen (secondary N) is 1. The summed E-state index contributed by atoms with van der Waals surface area (Å²) >= 11 is 0. The lowest BCUT2D eigenvalue weighted by molar-refractivity contribution is -0.131. The fraction of sp³-hybridized carbons (Fsp3) is 0.412. The number of hydrogen-bond acceptors (Lipinski definition) is 3. The Hall–Kier alpha value is -1.85. The summed E-state index contributed by atoms with van der Waals surface area (Å²) in [4.78, 5) is 12.4. The first kappa shape index (κ1) is 19.2. The third-order valence-electron chi connectivity index (χ3n) is 4.32. The van der Waals surface area contributed by atoms with Crippen molar-refractivity contribution in [3.05, 3.63) is 48.3 Å². The predicted octanol–water partition coefficient (Wildman–Crippen LogP) is 2.68. The summed E-state index contributed by atoms with van der Waals surface area (Å²) in [6, 6.07) is 11.8. The molecule has 2 aromatic rings. The molecule has 126 valence electrons. The van der Waals surface area contributed by atoms with E-state index in [0.29, 0.717) is 13.1 Å². The molecule has 0 aliphatic heterocycles. The Labute approximate surface area is 143 Å². The van der Waals surface area contributed by atoms with Crippen molar-refractivity contribution in [1.29, 1.82) is 0 Å². The molecule has 1 amide bonds. The third kappa shape index (κ3) is 4.33. The van der Waals surface area contributed by atoms with E-state index in [1.807, 2.05) is 56.4 Å². The van der Waals surface area contributed by atoms with Crippen molar-refractivity contribution in [1.82, 2.24) is 15.1 Å². The molecule has 1 aromatic heterocycles. The van der Waals surface area contributed by atoms with E-state index in [-0.39, 0.29) is 18.3 Å². The second kappa shape index (κ2) is 8.70. The van der Waals surface area contributed by atoms with Crippen LogP contribution in [0.15, 0.2) is 42.6 Å². The summed E-state index contributed by atoms with van der Waals surface area (Å²) in [5.74, 6) is 0.00858. The van der Waals surface area contributed by atoms with E-state index in [4.69, 9.17) is 5.73 Å². The summed E-state index contributed by atoms with van der Waals surface area (Å²) < 4.78 is 1.80. The maximum atomic E-state index is 12.4. The van der Waals surface area contributed by atoms with Gasteiger partial charge in [-0.05, 0) is 31.0 Å². The van der Waals surface area contributed by atoms with Crippen LogP contribution in [0.25, 0.3) is 5.69 Å². The Morgan fingerprint density at radius 1 is 1.22 bits per heavy atom. The van der Waals surface area contributed by atoms with Gasteiger partial charge in [0.2, 0.25) is 5.91 Å². The van der Waals surface area contributed by atoms with Crippen molar-refractivity contribution in [3.63, 3.8) is 0 Å². The normalized spacial score (nSPS) is 10.9. The fourth-order valence-corrected chi connectivity index (χ4v) is 2.49. The first-order valence-electron chi connectivity index (χ1n) is 7.73. The minimum Gasteiger partial charge on any atom is -0.350 e. The largest absolute Gasteiger partial charge is 0.350 e. The summed E-state index contributed by atoms with van der Waals surface area (Å²) in [6.07, 6.45) is 3.38. The number of carbonyl (C=O) groups is 1. The second-order valence-electron chi connectivity index (χ2n) is 5.46. The number of nitrogens with two attached hydrogens (primary N) is 1. The number of benzene rings is 1. The first-order valence-corrected chi connectivity index (χ1v) is 7.73. The number of halogens is 1. The van der Waals surface area contributed by atoms with Crippen LogP contribution in [-0.4, -0.2) is 22.2 Å². The summed E-state index contributed by atoms with van der Waals surface area (Å²) in [5, 5.41) is 7.45. The van der Waals surface area contributed by atoms with Gasteiger partial charge < -0.3 is 11.1 Å². The molecule has 1 heterocycles. The second-order valence-corrected chi connectivity index (χ2v) is 5.46. The molecule has 0 aliphatic rings. The van der Waals surface area contributed by atoms with Crippen molar-refractivity contribution in [3.8, 4) is 5.69 Å². The van der Waals surface area contributed by atoms with Crippen molar-refractivity contribution in [2.75, 3.05) is 6.54 Å². The Kier molecular flexibility index (Phi) is 7.26. The summed E-state index contributed by atoms with van der Waals surface area (Å²) in [5.41, 5.74) is 7.16. The van der Waals surface area contributed by atoms with E-state index in [1.54, 1.807) is 4.68 Å². The number of nitrogens with zero attached hydrogens (tertiary/aromatic N) is 2. The maximum absolute atomic E-state index is 12.4. The summed E-state index contributed by atoms with van der Waals surface area (Å²) in [6.45, 7) is 4.78. The lowest BCUT2D eigenvalue weighted by Gasteiger charge is -2.28. The number of aromatic nitrogens is 2. The fourth-order valence-electron chi connectivity index (χ4n) is 2.49. The molecular formula is C17H25ClN4O. The molecule has 2 rings (SSSR count). The van der Waals surface area contributed by atoms with E-state index >= 15 is 0 Å². The van der Waals surface area contributed by atoms with E-state index in [1.165, 1.54) is 0 Å². The van der Waals surface area contributed by atoms with Crippen molar-refractivity contribution >= 4 is 18.3 Å². The molecule has 6 heteroatoms. The molecule has 0 saturated heterocycles. The number of amides is 1. The minimum absolute atomic E-state index is 0. The van der Waals surface area contributed by atoms with Gasteiger partial charge in [-0.3, -0.25) is 4.79 Å². The molecule has 1 aromatic carbocycles. The molecule has 3 N–H and O–H groups in total. The van der Waals surface area contributed by atoms with E-state index in [2.05, 4.69) is 10.4 Å². The molecular weight excluding hydrogens is 312 g/mol. The Balaban J connectivity index is 0.00000264. The molecule has 0 atom stereocenters. The smallest absolute Gasteiger partial charge is 0.227 e. The van der Waals surface area contributed by atoms with Gasteiger partial charge in [-0.2, -0.15) is 5.10 Å². The van der Waals surface area contributed by atoms with Gasteiger partial charge in [0, 0.05) is 12.7 Å². The van der Waals surface area contributed by atoms with Crippen LogP contribution in [0.4, 0.5) is 0 Å². The van der Waals surface area contributed by atoms with Gasteiger partial charge in [-0.25, -0.2) is 4.68 Å². The molecule has 0 aliphatic carbocycles. The molecule has 0 spiro atoms. The van der Waals surface area contributed by atoms with Gasteiger partial charge in [-0.1, -0.05) is 32.0 Å². The molecule has 0 saturated carbocycles. The highest BCUT2D eigenvalue weighted by atomic mass is 35.5. The zero-order valence-corrected chi connectivity index (χ0v) is 14.5. The van der Waals surface area contributed by atoms with E-state index < -0.39 is 5.41 Å². The number of rotatable bonds is 7. The van der Waals surface area contributed by atoms with Crippen LogP contribution in [0.3, 0.4) is 0 Å². The van der Waals surface area contributed by atoms with Crippen LogP contribution < -0.4 is 11.1 Å². The van der Waals surface area contributed by atoms with Crippen LogP contribution >= 0.6 is 12.4 Å². The van der Waals surface area contributed by atoms with Crippen LogP contribution in [-0.2, 0) is 11.3 Å². The number of hydrogen-bond donors (Lipinski definition) is 2. The molecule has 5 nitrogen and oxygen atoms in total. The van der Waals surface area contributed by atoms with Gasteiger partial charge in [-0.15, -0.1) is 12.4 Å². The van der Waals surface area contributed by atoms with Crippen molar-refractivity contribution in [2.24, 2.45) is 11.1 Å². The third-order valence-corrected chi connectivity index (χ3v) is 4.32. The quantitative estimate of drug-likeness (QED) is 0.816. The molecule has 0 unspecified atom stereocenters. The standard InChI is InChI=1S/C17H24N4O.ClH/c1-3-17(4-2,13-18)16(22)19-12-14-10-11-21(20-14)15-8-6-5-7-9-15;/h5-11H,3-4,12-13,18H2,1-2H3,(H,19,22);1H.